The smallest absolute Gasteiger partial charge is 0.337 e. The Morgan fingerprint density at radius 3 is 2.56 bits per heavy atom. The van der Waals surface area contributed by atoms with Crippen molar-refractivity contribution in [3.8, 4) is 0 Å². The Morgan fingerprint density at radius 2 is 1.94 bits per heavy atom. The van der Waals surface area contributed by atoms with Crippen LogP contribution in [-0.4, -0.2) is 34.7 Å². The molecule has 180 valence electrons. The Kier molecular flexibility index (Phi) is 9.22. The maximum Gasteiger partial charge on any atom is 0.337 e. The molecule has 0 aliphatic rings. The van der Waals surface area contributed by atoms with E-state index in [0.717, 1.165) is 41.2 Å². The number of benzene rings is 1. The molecule has 0 saturated carbocycles. The number of hydrogen-bond acceptors (Lipinski definition) is 6. The van der Waals surface area contributed by atoms with Gasteiger partial charge in [-0.1, -0.05) is 31.5 Å². The van der Waals surface area contributed by atoms with Gasteiger partial charge in [-0.3, -0.25) is 0 Å². The molecule has 0 bridgehead atoms. The molecule has 3 aromatic rings. The van der Waals surface area contributed by atoms with E-state index < -0.39 is 0 Å². The van der Waals surface area contributed by atoms with E-state index in [0.29, 0.717) is 24.1 Å². The number of carbonyl (C=O) groups excluding carboxylic acids is 2. The summed E-state index contributed by atoms with van der Waals surface area (Å²) in [5.74, 6) is 0.301. The van der Waals surface area contributed by atoms with Gasteiger partial charge >= 0.3 is 11.9 Å². The van der Waals surface area contributed by atoms with Crippen LogP contribution in [-0.2, 0) is 33.7 Å². The first-order chi connectivity index (χ1) is 16.4. The van der Waals surface area contributed by atoms with Gasteiger partial charge in [-0.2, -0.15) is 0 Å². The number of aromatic nitrogens is 2. The fourth-order valence-electron chi connectivity index (χ4n) is 3.56. The van der Waals surface area contributed by atoms with E-state index in [1.807, 2.05) is 55.8 Å². The summed E-state index contributed by atoms with van der Waals surface area (Å²) in [5, 5.41) is 2.01. The van der Waals surface area contributed by atoms with Crippen LogP contribution in [0.25, 0.3) is 6.08 Å². The van der Waals surface area contributed by atoms with Crippen LogP contribution < -0.4 is 0 Å². The third kappa shape index (κ3) is 6.90. The van der Waals surface area contributed by atoms with E-state index in [2.05, 4.69) is 16.5 Å². The van der Waals surface area contributed by atoms with Crippen LogP contribution in [0.3, 0.4) is 0 Å². The van der Waals surface area contributed by atoms with Gasteiger partial charge in [0.25, 0.3) is 0 Å². The third-order valence-corrected chi connectivity index (χ3v) is 6.19. The average molecular weight is 481 g/mol. The van der Waals surface area contributed by atoms with Crippen molar-refractivity contribution in [1.82, 2.24) is 9.55 Å². The first-order valence-corrected chi connectivity index (χ1v) is 12.4. The van der Waals surface area contributed by atoms with Gasteiger partial charge in [0, 0.05) is 29.8 Å². The second-order valence-corrected chi connectivity index (χ2v) is 9.39. The topological polar surface area (TPSA) is 70.4 Å². The molecule has 2 heterocycles. The van der Waals surface area contributed by atoms with Gasteiger partial charge in [-0.05, 0) is 55.5 Å². The SMILES string of the molecule is CCCCc1ncc(/C=C(\Cc2cccs2)C(=O)OC(C)C)n1Cc1ccc(C(=O)OC)cc1. The molecule has 1 aromatic carbocycles. The standard InChI is InChI=1S/C27H32N2O4S/c1-5-6-9-25-28-17-23(29(25)18-20-10-12-21(13-11-20)26(30)32-4)15-22(27(31)33-19(2)3)16-24-8-7-14-34-24/h7-8,10-15,17,19H,5-6,9,16,18H2,1-4H3/b22-15+. The number of aryl methyl sites for hydroxylation is 1. The van der Waals surface area contributed by atoms with Gasteiger partial charge in [-0.15, -0.1) is 11.3 Å². The molecule has 0 aliphatic heterocycles. The quantitative estimate of drug-likeness (QED) is 0.260. The lowest BCUT2D eigenvalue weighted by Gasteiger charge is -2.13. The van der Waals surface area contributed by atoms with Gasteiger partial charge < -0.3 is 14.0 Å². The second-order valence-electron chi connectivity index (χ2n) is 8.36. The summed E-state index contributed by atoms with van der Waals surface area (Å²) in [7, 11) is 1.37. The van der Waals surface area contributed by atoms with Crippen molar-refractivity contribution >= 4 is 29.4 Å². The second kappa shape index (κ2) is 12.3. The zero-order valence-corrected chi connectivity index (χ0v) is 21.1. The van der Waals surface area contributed by atoms with E-state index in [-0.39, 0.29) is 18.0 Å². The minimum atomic E-state index is -0.358. The van der Waals surface area contributed by atoms with Crippen LogP contribution in [0.5, 0.6) is 0 Å². The van der Waals surface area contributed by atoms with E-state index in [9.17, 15) is 9.59 Å². The average Bonchev–Trinajstić information content (AvgIpc) is 3.47. The highest BCUT2D eigenvalue weighted by Crippen LogP contribution is 2.21. The maximum atomic E-state index is 12.9. The fraction of sp³-hybridized carbons (Fsp3) is 0.370. The van der Waals surface area contributed by atoms with Crippen molar-refractivity contribution < 1.29 is 19.1 Å². The highest BCUT2D eigenvalue weighted by molar-refractivity contribution is 7.09. The molecule has 34 heavy (non-hydrogen) atoms. The molecule has 0 radical (unpaired) electrons. The predicted octanol–water partition coefficient (Wildman–Crippen LogP) is 5.70. The number of ether oxygens (including phenoxy) is 2. The van der Waals surface area contributed by atoms with E-state index in [1.165, 1.54) is 7.11 Å². The molecule has 0 amide bonds. The number of esters is 2. The largest absolute Gasteiger partial charge is 0.465 e. The Hall–Kier alpha value is -3.19. The minimum absolute atomic E-state index is 0.197. The Morgan fingerprint density at radius 1 is 1.18 bits per heavy atom. The highest BCUT2D eigenvalue weighted by atomic mass is 32.1. The van der Waals surface area contributed by atoms with Crippen molar-refractivity contribution in [3.63, 3.8) is 0 Å². The first-order valence-electron chi connectivity index (χ1n) is 11.6. The van der Waals surface area contributed by atoms with Gasteiger partial charge in [0.15, 0.2) is 0 Å². The van der Waals surface area contributed by atoms with Crippen LogP contribution in [0.15, 0.2) is 53.5 Å². The van der Waals surface area contributed by atoms with Crippen LogP contribution in [0.2, 0.25) is 0 Å². The van der Waals surface area contributed by atoms with E-state index in [4.69, 9.17) is 9.47 Å². The molecular formula is C27H32N2O4S. The van der Waals surface area contributed by atoms with Crippen LogP contribution in [0.1, 0.15) is 65.9 Å². The summed E-state index contributed by atoms with van der Waals surface area (Å²) in [6.07, 6.45) is 6.97. The molecule has 0 unspecified atom stereocenters. The lowest BCUT2D eigenvalue weighted by molar-refractivity contribution is -0.142. The van der Waals surface area contributed by atoms with Crippen LogP contribution in [0.4, 0.5) is 0 Å². The molecule has 2 aromatic heterocycles. The zero-order chi connectivity index (χ0) is 24.5. The molecule has 0 aliphatic carbocycles. The summed E-state index contributed by atoms with van der Waals surface area (Å²) < 4.78 is 12.5. The molecule has 6 nitrogen and oxygen atoms in total. The summed E-state index contributed by atoms with van der Waals surface area (Å²) in [6.45, 7) is 6.44. The van der Waals surface area contributed by atoms with Crippen molar-refractivity contribution in [3.05, 3.63) is 81.1 Å². The number of unbranched alkanes of at least 4 members (excludes halogenated alkanes) is 1. The zero-order valence-electron chi connectivity index (χ0n) is 20.2. The Bertz CT molecular complexity index is 1110. The third-order valence-electron chi connectivity index (χ3n) is 5.31. The Labute approximate surface area is 205 Å². The molecule has 0 fully saturated rings. The maximum absolute atomic E-state index is 12.9. The molecule has 0 N–H and O–H groups in total. The molecular weight excluding hydrogens is 448 g/mol. The first kappa shape index (κ1) is 25.4. The van der Waals surface area contributed by atoms with Gasteiger partial charge in [0.05, 0.1) is 30.7 Å². The molecule has 0 atom stereocenters. The summed E-state index contributed by atoms with van der Waals surface area (Å²) in [6, 6.07) is 11.4. The lowest BCUT2D eigenvalue weighted by atomic mass is 10.1. The van der Waals surface area contributed by atoms with Crippen molar-refractivity contribution in [2.45, 2.75) is 59.1 Å². The Balaban J connectivity index is 1.96. The van der Waals surface area contributed by atoms with Gasteiger partial charge in [0.1, 0.15) is 5.82 Å². The fourth-order valence-corrected chi connectivity index (χ4v) is 4.29. The van der Waals surface area contributed by atoms with Gasteiger partial charge in [-0.25, -0.2) is 14.6 Å². The molecule has 0 spiro atoms. The summed E-state index contributed by atoms with van der Waals surface area (Å²) >= 11 is 1.62. The van der Waals surface area contributed by atoms with E-state index >= 15 is 0 Å². The van der Waals surface area contributed by atoms with Crippen molar-refractivity contribution in [2.24, 2.45) is 0 Å². The minimum Gasteiger partial charge on any atom is -0.465 e. The summed E-state index contributed by atoms with van der Waals surface area (Å²) in [5.41, 5.74) is 3.00. The monoisotopic (exact) mass is 480 g/mol. The molecule has 3 rings (SSSR count). The molecule has 7 heteroatoms. The number of carbonyl (C=O) groups is 2. The van der Waals surface area contributed by atoms with Crippen molar-refractivity contribution in [2.75, 3.05) is 7.11 Å². The number of hydrogen-bond donors (Lipinski definition) is 0. The number of rotatable bonds is 11. The normalized spacial score (nSPS) is 11.6. The molecule has 0 saturated heterocycles. The van der Waals surface area contributed by atoms with Crippen molar-refractivity contribution in [1.29, 1.82) is 0 Å². The van der Waals surface area contributed by atoms with Crippen LogP contribution in [0, 0.1) is 0 Å². The van der Waals surface area contributed by atoms with Gasteiger partial charge in [0.2, 0.25) is 0 Å². The van der Waals surface area contributed by atoms with Crippen LogP contribution >= 0.6 is 11.3 Å². The lowest BCUT2D eigenvalue weighted by Crippen LogP contribution is -2.15. The number of thiophene rings is 1. The number of imidazole rings is 1. The predicted molar refractivity (Wildman–Crippen MR) is 135 cm³/mol. The summed E-state index contributed by atoms with van der Waals surface area (Å²) in [4.78, 5) is 30.4. The van der Waals surface area contributed by atoms with E-state index in [1.54, 1.807) is 23.5 Å². The number of nitrogens with zero attached hydrogens (tertiary/aromatic N) is 2. The highest BCUT2D eigenvalue weighted by Gasteiger charge is 2.17. The number of methoxy groups -OCH3 is 1.